The molecule has 0 radical (unpaired) electrons. The summed E-state index contributed by atoms with van der Waals surface area (Å²) in [6.07, 6.45) is 2.25. The van der Waals surface area contributed by atoms with Crippen LogP contribution in [0.5, 0.6) is 0 Å². The summed E-state index contributed by atoms with van der Waals surface area (Å²) in [5, 5.41) is 28.2. The van der Waals surface area contributed by atoms with Crippen LogP contribution in [0, 0.1) is 17.3 Å². The molecule has 118 valence electrons. The van der Waals surface area contributed by atoms with E-state index in [9.17, 15) is 24.9 Å². The standard InChI is InChI=1S/C14H22N2O5/c17-5-10(6-18)15-4-11-12(19)16(3-9-1-2-9)8-14(11,7-15)13(20)21/h9-11,17-18H,1-8H2,(H,20,21)/t11-,14-/m0/s1. The third kappa shape index (κ3) is 2.33. The number of aliphatic carboxylic acids is 1. The Kier molecular flexibility index (Phi) is 3.67. The Balaban J connectivity index is 1.79. The zero-order chi connectivity index (χ0) is 15.2. The van der Waals surface area contributed by atoms with Gasteiger partial charge in [-0.3, -0.25) is 14.5 Å². The molecule has 0 unspecified atom stereocenters. The molecule has 3 rings (SSSR count). The van der Waals surface area contributed by atoms with Crippen molar-refractivity contribution in [1.29, 1.82) is 0 Å². The van der Waals surface area contributed by atoms with Gasteiger partial charge in [-0.05, 0) is 18.8 Å². The van der Waals surface area contributed by atoms with Crippen LogP contribution in [0.2, 0.25) is 0 Å². The number of hydrogen-bond acceptors (Lipinski definition) is 5. The molecule has 2 heterocycles. The smallest absolute Gasteiger partial charge is 0.313 e. The summed E-state index contributed by atoms with van der Waals surface area (Å²) in [4.78, 5) is 27.8. The Bertz CT molecular complexity index is 449. The van der Waals surface area contributed by atoms with Crippen LogP contribution in [0.25, 0.3) is 0 Å². The molecule has 7 nitrogen and oxygen atoms in total. The molecule has 1 amide bonds. The van der Waals surface area contributed by atoms with Crippen molar-refractivity contribution >= 4 is 11.9 Å². The summed E-state index contributed by atoms with van der Waals surface area (Å²) in [6, 6.07) is -0.489. The van der Waals surface area contributed by atoms with E-state index >= 15 is 0 Å². The Morgan fingerprint density at radius 3 is 2.43 bits per heavy atom. The lowest BCUT2D eigenvalue weighted by Crippen LogP contribution is -2.45. The molecule has 2 saturated heterocycles. The lowest BCUT2D eigenvalue weighted by atomic mass is 9.81. The van der Waals surface area contributed by atoms with Gasteiger partial charge in [0, 0.05) is 26.2 Å². The van der Waals surface area contributed by atoms with E-state index in [1.807, 2.05) is 0 Å². The number of hydrogen-bond donors (Lipinski definition) is 3. The van der Waals surface area contributed by atoms with Crippen molar-refractivity contribution in [2.24, 2.45) is 17.3 Å². The number of carbonyl (C=O) groups excluding carboxylic acids is 1. The number of carboxylic acids is 1. The fourth-order valence-corrected chi connectivity index (χ4v) is 3.68. The Morgan fingerprint density at radius 2 is 1.95 bits per heavy atom. The molecule has 2 aliphatic heterocycles. The number of likely N-dealkylation sites (tertiary alicyclic amines) is 2. The third-order valence-corrected chi connectivity index (χ3v) is 5.19. The van der Waals surface area contributed by atoms with E-state index < -0.39 is 23.3 Å². The lowest BCUT2D eigenvalue weighted by Gasteiger charge is -2.28. The Hall–Kier alpha value is -1.18. The molecule has 0 aromatic rings. The number of amides is 1. The topological polar surface area (TPSA) is 101 Å². The van der Waals surface area contributed by atoms with Crippen molar-refractivity contribution in [3.63, 3.8) is 0 Å². The fraction of sp³-hybridized carbons (Fsp3) is 0.857. The van der Waals surface area contributed by atoms with E-state index in [2.05, 4.69) is 0 Å². The molecule has 3 fully saturated rings. The molecule has 2 atom stereocenters. The van der Waals surface area contributed by atoms with Crippen LogP contribution in [0.4, 0.5) is 0 Å². The van der Waals surface area contributed by atoms with Gasteiger partial charge in [0.2, 0.25) is 5.91 Å². The molecule has 21 heavy (non-hydrogen) atoms. The number of rotatable bonds is 6. The van der Waals surface area contributed by atoms with Crippen LogP contribution in [0.15, 0.2) is 0 Å². The highest BCUT2D eigenvalue weighted by Crippen LogP contribution is 2.45. The monoisotopic (exact) mass is 298 g/mol. The minimum Gasteiger partial charge on any atom is -0.481 e. The molecule has 0 spiro atoms. The van der Waals surface area contributed by atoms with Gasteiger partial charge in [-0.25, -0.2) is 0 Å². The summed E-state index contributed by atoms with van der Waals surface area (Å²) >= 11 is 0. The van der Waals surface area contributed by atoms with Gasteiger partial charge >= 0.3 is 5.97 Å². The summed E-state index contributed by atoms with van der Waals surface area (Å²) < 4.78 is 0. The lowest BCUT2D eigenvalue weighted by molar-refractivity contribution is -0.149. The summed E-state index contributed by atoms with van der Waals surface area (Å²) in [6.45, 7) is 0.970. The van der Waals surface area contributed by atoms with Gasteiger partial charge in [0.1, 0.15) is 5.41 Å². The van der Waals surface area contributed by atoms with E-state index in [-0.39, 0.29) is 32.2 Å². The SMILES string of the molecule is O=C1[C@@H]2CN(C(CO)CO)C[C@]2(C(=O)O)CN1CC1CC1. The van der Waals surface area contributed by atoms with Crippen LogP contribution < -0.4 is 0 Å². The zero-order valence-corrected chi connectivity index (χ0v) is 11.9. The van der Waals surface area contributed by atoms with E-state index in [1.165, 1.54) is 0 Å². The highest BCUT2D eigenvalue weighted by Gasteiger charge is 2.62. The van der Waals surface area contributed by atoms with Crippen LogP contribution in [-0.2, 0) is 9.59 Å². The van der Waals surface area contributed by atoms with Crippen LogP contribution in [0.3, 0.4) is 0 Å². The zero-order valence-electron chi connectivity index (χ0n) is 11.9. The largest absolute Gasteiger partial charge is 0.481 e. The van der Waals surface area contributed by atoms with Crippen molar-refractivity contribution in [2.75, 3.05) is 39.4 Å². The maximum atomic E-state index is 12.5. The number of aliphatic hydroxyl groups excluding tert-OH is 2. The Morgan fingerprint density at radius 1 is 1.29 bits per heavy atom. The fourth-order valence-electron chi connectivity index (χ4n) is 3.68. The average molecular weight is 298 g/mol. The van der Waals surface area contributed by atoms with Crippen LogP contribution >= 0.6 is 0 Å². The van der Waals surface area contributed by atoms with Crippen LogP contribution in [-0.4, -0.2) is 82.4 Å². The van der Waals surface area contributed by atoms with E-state index in [0.717, 1.165) is 12.8 Å². The average Bonchev–Trinajstić information content (AvgIpc) is 3.12. The van der Waals surface area contributed by atoms with Gasteiger partial charge in [0.05, 0.1) is 25.2 Å². The minimum atomic E-state index is -1.09. The first-order valence-corrected chi connectivity index (χ1v) is 7.49. The number of fused-ring (bicyclic) bond motifs is 1. The first-order valence-electron chi connectivity index (χ1n) is 7.49. The number of carboxylic acid groups (broad SMARTS) is 1. The third-order valence-electron chi connectivity index (χ3n) is 5.19. The van der Waals surface area contributed by atoms with E-state index in [0.29, 0.717) is 19.0 Å². The predicted octanol–water partition coefficient (Wildman–Crippen LogP) is -1.41. The van der Waals surface area contributed by atoms with Crippen molar-refractivity contribution in [3.05, 3.63) is 0 Å². The van der Waals surface area contributed by atoms with Gasteiger partial charge in [0.25, 0.3) is 0 Å². The number of aliphatic hydroxyl groups is 2. The van der Waals surface area contributed by atoms with Gasteiger partial charge in [-0.15, -0.1) is 0 Å². The second kappa shape index (κ2) is 5.23. The molecule has 7 heteroatoms. The summed E-state index contributed by atoms with van der Waals surface area (Å²) in [5.74, 6) is -1.05. The van der Waals surface area contributed by atoms with Crippen LogP contribution in [0.1, 0.15) is 12.8 Å². The molecule has 3 N–H and O–H groups in total. The van der Waals surface area contributed by atoms with E-state index in [1.54, 1.807) is 9.80 Å². The van der Waals surface area contributed by atoms with Crippen molar-refractivity contribution < 1.29 is 24.9 Å². The minimum absolute atomic E-state index is 0.0820. The second-order valence-electron chi connectivity index (χ2n) is 6.62. The molecule has 0 aromatic carbocycles. The van der Waals surface area contributed by atoms with Gasteiger partial charge in [-0.1, -0.05) is 0 Å². The first-order chi connectivity index (χ1) is 10.0. The summed E-state index contributed by atoms with van der Waals surface area (Å²) in [7, 11) is 0. The second-order valence-corrected chi connectivity index (χ2v) is 6.62. The van der Waals surface area contributed by atoms with Gasteiger partial charge < -0.3 is 20.2 Å². The molecule has 1 aliphatic carbocycles. The van der Waals surface area contributed by atoms with Gasteiger partial charge in [-0.2, -0.15) is 0 Å². The Labute approximate surface area is 123 Å². The molecule has 0 bridgehead atoms. The predicted molar refractivity (Wildman–Crippen MR) is 72.4 cm³/mol. The maximum absolute atomic E-state index is 12.5. The number of nitrogens with zero attached hydrogens (tertiary/aromatic N) is 2. The molecular formula is C14H22N2O5. The molecule has 3 aliphatic rings. The van der Waals surface area contributed by atoms with Crippen molar-refractivity contribution in [3.8, 4) is 0 Å². The molecule has 0 aromatic heterocycles. The summed E-state index contributed by atoms with van der Waals surface area (Å²) in [5.41, 5.74) is -1.09. The number of carbonyl (C=O) groups is 2. The highest BCUT2D eigenvalue weighted by atomic mass is 16.4. The maximum Gasteiger partial charge on any atom is 0.313 e. The first kappa shape index (κ1) is 14.7. The van der Waals surface area contributed by atoms with E-state index in [4.69, 9.17) is 0 Å². The normalized spacial score (nSPS) is 33.0. The van der Waals surface area contributed by atoms with Crippen molar-refractivity contribution in [2.45, 2.75) is 18.9 Å². The van der Waals surface area contributed by atoms with Gasteiger partial charge in [0.15, 0.2) is 0 Å². The van der Waals surface area contributed by atoms with Crippen molar-refractivity contribution in [1.82, 2.24) is 9.80 Å². The highest BCUT2D eigenvalue weighted by molar-refractivity contribution is 5.92. The quantitative estimate of drug-likeness (QED) is 0.557. The molecular weight excluding hydrogens is 276 g/mol. The molecule has 1 saturated carbocycles.